The first-order chi connectivity index (χ1) is 11.6. The molecule has 0 aliphatic rings. The number of nitrogens with two attached hydrogens (primary N) is 1. The summed E-state index contributed by atoms with van der Waals surface area (Å²) in [6, 6.07) is 7.90. The van der Waals surface area contributed by atoms with Crippen LogP contribution in [0, 0.1) is 17.1 Å². The van der Waals surface area contributed by atoms with Crippen LogP contribution in [-0.2, 0) is 6.42 Å². The second kappa shape index (κ2) is 7.97. The number of benzene rings is 1. The number of hydrogen-bond acceptors (Lipinski definition) is 4. The van der Waals surface area contributed by atoms with Crippen molar-refractivity contribution in [2.45, 2.75) is 12.8 Å². The lowest BCUT2D eigenvalue weighted by Gasteiger charge is -2.07. The van der Waals surface area contributed by atoms with Crippen LogP contribution in [0.4, 0.5) is 10.2 Å². The SMILES string of the molecule is CN=C(NC)NCCCc1nn(-c2ccc(F)cc2)c(N)c1C#N. The van der Waals surface area contributed by atoms with Crippen molar-refractivity contribution in [1.82, 2.24) is 20.4 Å². The van der Waals surface area contributed by atoms with Crippen molar-refractivity contribution in [1.29, 1.82) is 5.26 Å². The van der Waals surface area contributed by atoms with Gasteiger partial charge >= 0.3 is 0 Å². The number of halogens is 1. The van der Waals surface area contributed by atoms with Crippen LogP contribution < -0.4 is 16.4 Å². The largest absolute Gasteiger partial charge is 0.382 e. The monoisotopic (exact) mass is 329 g/mol. The molecule has 2 rings (SSSR count). The van der Waals surface area contributed by atoms with Crippen LogP contribution in [-0.4, -0.2) is 36.4 Å². The molecule has 1 aromatic carbocycles. The van der Waals surface area contributed by atoms with Crippen molar-refractivity contribution in [3.8, 4) is 11.8 Å². The van der Waals surface area contributed by atoms with Crippen molar-refractivity contribution in [2.24, 2.45) is 4.99 Å². The van der Waals surface area contributed by atoms with E-state index in [1.807, 2.05) is 0 Å². The van der Waals surface area contributed by atoms with Gasteiger partial charge in [-0.15, -0.1) is 0 Å². The Kier molecular flexibility index (Phi) is 5.73. The lowest BCUT2D eigenvalue weighted by Crippen LogP contribution is -2.35. The molecule has 0 spiro atoms. The quantitative estimate of drug-likeness (QED) is 0.434. The number of hydrogen-bond donors (Lipinski definition) is 3. The molecule has 7 nitrogen and oxygen atoms in total. The average Bonchev–Trinajstić information content (AvgIpc) is 2.91. The van der Waals surface area contributed by atoms with Crippen molar-refractivity contribution in [3.63, 3.8) is 0 Å². The molecular formula is C16H20FN7. The Morgan fingerprint density at radius 2 is 2.12 bits per heavy atom. The van der Waals surface area contributed by atoms with E-state index < -0.39 is 0 Å². The van der Waals surface area contributed by atoms with Crippen LogP contribution in [0.2, 0.25) is 0 Å². The summed E-state index contributed by atoms with van der Waals surface area (Å²) in [6.45, 7) is 0.682. The van der Waals surface area contributed by atoms with Gasteiger partial charge in [0.05, 0.1) is 11.4 Å². The zero-order chi connectivity index (χ0) is 17.5. The van der Waals surface area contributed by atoms with E-state index in [-0.39, 0.29) is 11.6 Å². The molecule has 0 saturated heterocycles. The molecule has 126 valence electrons. The van der Waals surface area contributed by atoms with Crippen molar-refractivity contribution >= 4 is 11.8 Å². The number of nitriles is 1. The summed E-state index contributed by atoms with van der Waals surface area (Å²) < 4.78 is 14.5. The molecule has 0 amide bonds. The molecule has 0 aliphatic heterocycles. The normalized spacial score (nSPS) is 11.2. The fraction of sp³-hybridized carbons (Fsp3) is 0.312. The predicted molar refractivity (Wildman–Crippen MR) is 91.4 cm³/mol. The molecule has 0 bridgehead atoms. The number of nitrogen functional groups attached to an aromatic ring is 1. The second-order valence-electron chi connectivity index (χ2n) is 5.06. The van der Waals surface area contributed by atoms with Crippen LogP contribution in [0.25, 0.3) is 5.69 Å². The van der Waals surface area contributed by atoms with Gasteiger partial charge in [-0.3, -0.25) is 4.99 Å². The fourth-order valence-electron chi connectivity index (χ4n) is 2.30. The first-order valence-electron chi connectivity index (χ1n) is 7.52. The van der Waals surface area contributed by atoms with Crippen LogP contribution in [0.1, 0.15) is 17.7 Å². The number of nitrogens with one attached hydrogen (secondary N) is 2. The smallest absolute Gasteiger partial charge is 0.190 e. The van der Waals surface area contributed by atoms with E-state index in [0.29, 0.717) is 35.9 Å². The molecule has 0 unspecified atom stereocenters. The van der Waals surface area contributed by atoms with Crippen LogP contribution in [0.15, 0.2) is 29.3 Å². The van der Waals surface area contributed by atoms with Gasteiger partial charge in [0.2, 0.25) is 0 Å². The highest BCUT2D eigenvalue weighted by Gasteiger charge is 2.16. The van der Waals surface area contributed by atoms with Gasteiger partial charge in [-0.1, -0.05) is 0 Å². The summed E-state index contributed by atoms with van der Waals surface area (Å²) in [5.74, 6) is 0.624. The van der Waals surface area contributed by atoms with Gasteiger partial charge in [-0.05, 0) is 37.1 Å². The third-order valence-electron chi connectivity index (χ3n) is 3.52. The molecule has 24 heavy (non-hydrogen) atoms. The summed E-state index contributed by atoms with van der Waals surface area (Å²) in [4.78, 5) is 4.02. The van der Waals surface area contributed by atoms with Gasteiger partial charge in [0, 0.05) is 20.6 Å². The Labute approximate surface area is 140 Å². The summed E-state index contributed by atoms with van der Waals surface area (Å²) in [6.07, 6.45) is 1.35. The number of nitrogens with zero attached hydrogens (tertiary/aromatic N) is 4. The maximum Gasteiger partial charge on any atom is 0.190 e. The Hall–Kier alpha value is -3.08. The van der Waals surface area contributed by atoms with Crippen LogP contribution in [0.5, 0.6) is 0 Å². The van der Waals surface area contributed by atoms with E-state index in [1.54, 1.807) is 26.2 Å². The molecule has 0 saturated carbocycles. The number of guanidine groups is 1. The number of aromatic nitrogens is 2. The molecule has 4 N–H and O–H groups in total. The van der Waals surface area contributed by atoms with Gasteiger partial charge in [0.15, 0.2) is 5.96 Å². The lowest BCUT2D eigenvalue weighted by atomic mass is 10.1. The summed E-state index contributed by atoms with van der Waals surface area (Å²) in [5.41, 5.74) is 7.62. The fourth-order valence-corrected chi connectivity index (χ4v) is 2.30. The standard InChI is InChI=1S/C16H20FN7/c1-20-16(21-2)22-9-3-4-14-13(10-18)15(19)24(23-14)12-7-5-11(17)6-8-12/h5-8H,3-4,9,19H2,1-2H3,(H2,20,21,22). The maximum absolute atomic E-state index is 13.0. The molecule has 0 radical (unpaired) electrons. The molecule has 0 aliphatic carbocycles. The number of aliphatic imine (C=N–C) groups is 1. The van der Waals surface area contributed by atoms with E-state index in [1.165, 1.54) is 16.8 Å². The topological polar surface area (TPSA) is 104 Å². The highest BCUT2D eigenvalue weighted by molar-refractivity contribution is 5.79. The van der Waals surface area contributed by atoms with E-state index >= 15 is 0 Å². The van der Waals surface area contributed by atoms with Crippen molar-refractivity contribution in [2.75, 3.05) is 26.4 Å². The van der Waals surface area contributed by atoms with Gasteiger partial charge in [0.25, 0.3) is 0 Å². The summed E-state index contributed by atoms with van der Waals surface area (Å²) >= 11 is 0. The van der Waals surface area contributed by atoms with E-state index in [2.05, 4.69) is 26.8 Å². The Morgan fingerprint density at radius 1 is 1.42 bits per heavy atom. The van der Waals surface area contributed by atoms with Gasteiger partial charge in [0.1, 0.15) is 23.3 Å². The minimum atomic E-state index is -0.339. The molecular weight excluding hydrogens is 309 g/mol. The van der Waals surface area contributed by atoms with Gasteiger partial charge in [-0.2, -0.15) is 10.4 Å². The first kappa shape index (κ1) is 17.3. The van der Waals surface area contributed by atoms with E-state index in [9.17, 15) is 9.65 Å². The summed E-state index contributed by atoms with van der Waals surface area (Å²) in [5, 5.41) is 19.8. The summed E-state index contributed by atoms with van der Waals surface area (Å²) in [7, 11) is 3.48. The average molecular weight is 329 g/mol. The highest BCUT2D eigenvalue weighted by atomic mass is 19.1. The van der Waals surface area contributed by atoms with E-state index in [4.69, 9.17) is 5.73 Å². The minimum Gasteiger partial charge on any atom is -0.382 e. The highest BCUT2D eigenvalue weighted by Crippen LogP contribution is 2.21. The molecule has 0 fully saturated rings. The molecule has 0 atom stereocenters. The van der Waals surface area contributed by atoms with Crippen LogP contribution in [0.3, 0.4) is 0 Å². The Bertz CT molecular complexity index is 756. The van der Waals surface area contributed by atoms with E-state index in [0.717, 1.165) is 6.42 Å². The number of aryl methyl sites for hydroxylation is 1. The third-order valence-corrected chi connectivity index (χ3v) is 3.52. The molecule has 1 aromatic heterocycles. The first-order valence-corrected chi connectivity index (χ1v) is 7.52. The third kappa shape index (κ3) is 3.81. The molecule has 8 heteroatoms. The number of anilines is 1. The van der Waals surface area contributed by atoms with Crippen molar-refractivity contribution < 1.29 is 4.39 Å². The second-order valence-corrected chi connectivity index (χ2v) is 5.06. The van der Waals surface area contributed by atoms with Crippen molar-refractivity contribution in [3.05, 3.63) is 41.3 Å². The zero-order valence-corrected chi connectivity index (χ0v) is 13.7. The van der Waals surface area contributed by atoms with Gasteiger partial charge in [-0.25, -0.2) is 9.07 Å². The zero-order valence-electron chi connectivity index (χ0n) is 13.7. The Morgan fingerprint density at radius 3 is 2.71 bits per heavy atom. The molecule has 1 heterocycles. The molecule has 2 aromatic rings. The lowest BCUT2D eigenvalue weighted by molar-refractivity contribution is 0.627. The maximum atomic E-state index is 13.0. The minimum absolute atomic E-state index is 0.262. The number of rotatable bonds is 5. The van der Waals surface area contributed by atoms with Gasteiger partial charge < -0.3 is 16.4 Å². The predicted octanol–water partition coefficient (Wildman–Crippen LogP) is 1.19. The van der Waals surface area contributed by atoms with Crippen LogP contribution >= 0.6 is 0 Å². The Balaban J connectivity index is 2.12.